The number of likely N-dealkylation sites (tertiary alicyclic amines) is 1. The van der Waals surface area contributed by atoms with E-state index in [4.69, 9.17) is 4.98 Å². The van der Waals surface area contributed by atoms with Crippen LogP contribution < -0.4 is 10.2 Å². The van der Waals surface area contributed by atoms with Crippen molar-refractivity contribution in [3.05, 3.63) is 30.4 Å². The van der Waals surface area contributed by atoms with Crippen LogP contribution in [0.25, 0.3) is 5.52 Å². The van der Waals surface area contributed by atoms with Crippen molar-refractivity contribution in [2.24, 2.45) is 0 Å². The molecule has 5 heteroatoms. The summed E-state index contributed by atoms with van der Waals surface area (Å²) >= 11 is 0. The molecule has 0 spiro atoms. The van der Waals surface area contributed by atoms with Crippen LogP contribution in [-0.4, -0.2) is 60.6 Å². The number of rotatable bonds is 2. The zero-order chi connectivity index (χ0) is 14.2. The standard InChI is InChI=1S/C16H23N5/c1-19-6-2-13(12-19)16-18-11-15-10-14(3-7-21(15)16)20-8-4-17-5-9-20/h3,7,10-11,13,17H,2,4-6,8-9,12H2,1H3. The highest BCUT2D eigenvalue weighted by Crippen LogP contribution is 2.27. The Kier molecular flexibility index (Phi) is 3.31. The molecule has 0 saturated carbocycles. The summed E-state index contributed by atoms with van der Waals surface area (Å²) in [5, 5.41) is 3.40. The van der Waals surface area contributed by atoms with Gasteiger partial charge in [-0.1, -0.05) is 0 Å². The van der Waals surface area contributed by atoms with Gasteiger partial charge in [0, 0.05) is 50.5 Å². The average molecular weight is 285 g/mol. The maximum absolute atomic E-state index is 4.70. The second-order valence-corrected chi connectivity index (χ2v) is 6.28. The predicted octanol–water partition coefficient (Wildman–Crippen LogP) is 1.16. The summed E-state index contributed by atoms with van der Waals surface area (Å²) in [7, 11) is 2.19. The average Bonchev–Trinajstić information content (AvgIpc) is 3.13. The number of fused-ring (bicyclic) bond motifs is 1. The third-order valence-electron chi connectivity index (χ3n) is 4.78. The Morgan fingerprint density at radius 1 is 1.24 bits per heavy atom. The second kappa shape index (κ2) is 5.31. The third-order valence-corrected chi connectivity index (χ3v) is 4.78. The number of imidazole rings is 1. The van der Waals surface area contributed by atoms with Gasteiger partial charge in [0.25, 0.3) is 0 Å². The molecule has 0 aliphatic carbocycles. The SMILES string of the molecule is CN1CCC(c2ncc3cc(N4CCNCC4)ccn23)C1. The quantitative estimate of drug-likeness (QED) is 0.898. The molecule has 0 bridgehead atoms. The minimum atomic E-state index is 0.572. The lowest BCUT2D eigenvalue weighted by Gasteiger charge is -2.29. The van der Waals surface area contributed by atoms with E-state index in [9.17, 15) is 0 Å². The molecule has 21 heavy (non-hydrogen) atoms. The van der Waals surface area contributed by atoms with E-state index in [2.05, 4.69) is 44.9 Å². The second-order valence-electron chi connectivity index (χ2n) is 6.28. The summed E-state index contributed by atoms with van der Waals surface area (Å²) in [6.45, 7) is 6.63. The fourth-order valence-electron chi connectivity index (χ4n) is 3.58. The predicted molar refractivity (Wildman–Crippen MR) is 85.1 cm³/mol. The van der Waals surface area contributed by atoms with E-state index >= 15 is 0 Å². The molecule has 1 atom stereocenters. The van der Waals surface area contributed by atoms with Crippen LogP contribution in [0.5, 0.6) is 0 Å². The molecule has 0 aromatic carbocycles. The summed E-state index contributed by atoms with van der Waals surface area (Å²) in [6, 6.07) is 4.52. The Balaban J connectivity index is 1.64. The molecule has 1 unspecified atom stereocenters. The van der Waals surface area contributed by atoms with E-state index in [0.717, 1.165) is 32.7 Å². The molecule has 2 aromatic rings. The molecule has 2 saturated heterocycles. The van der Waals surface area contributed by atoms with Gasteiger partial charge < -0.3 is 19.5 Å². The zero-order valence-electron chi connectivity index (χ0n) is 12.6. The molecular formula is C16H23N5. The van der Waals surface area contributed by atoms with Crippen LogP contribution in [0.15, 0.2) is 24.5 Å². The van der Waals surface area contributed by atoms with Crippen LogP contribution in [-0.2, 0) is 0 Å². The number of nitrogens with one attached hydrogen (secondary N) is 1. The molecule has 2 aliphatic rings. The number of anilines is 1. The molecule has 4 heterocycles. The van der Waals surface area contributed by atoms with Gasteiger partial charge in [-0.2, -0.15) is 0 Å². The molecule has 2 fully saturated rings. The number of nitrogens with zero attached hydrogens (tertiary/aromatic N) is 4. The van der Waals surface area contributed by atoms with Crippen LogP contribution in [0.1, 0.15) is 18.2 Å². The number of piperazine rings is 1. The minimum Gasteiger partial charge on any atom is -0.369 e. The van der Waals surface area contributed by atoms with Gasteiger partial charge in [0.1, 0.15) is 5.82 Å². The minimum absolute atomic E-state index is 0.572. The number of hydrogen-bond acceptors (Lipinski definition) is 4. The topological polar surface area (TPSA) is 35.8 Å². The van der Waals surface area contributed by atoms with Gasteiger partial charge in [0.2, 0.25) is 0 Å². The Labute approximate surface area is 125 Å². The van der Waals surface area contributed by atoms with Gasteiger partial charge in [-0.15, -0.1) is 0 Å². The van der Waals surface area contributed by atoms with Crippen molar-refractivity contribution in [3.8, 4) is 0 Å². The van der Waals surface area contributed by atoms with E-state index in [1.54, 1.807) is 0 Å². The van der Waals surface area contributed by atoms with Crippen LogP contribution in [0.3, 0.4) is 0 Å². The fourth-order valence-corrected chi connectivity index (χ4v) is 3.58. The largest absolute Gasteiger partial charge is 0.369 e. The molecule has 112 valence electrons. The zero-order valence-corrected chi connectivity index (χ0v) is 12.6. The van der Waals surface area contributed by atoms with Crippen molar-refractivity contribution in [1.82, 2.24) is 19.6 Å². The van der Waals surface area contributed by atoms with Gasteiger partial charge in [0.05, 0.1) is 11.7 Å². The van der Waals surface area contributed by atoms with Crippen LogP contribution >= 0.6 is 0 Å². The Hall–Kier alpha value is -1.59. The van der Waals surface area contributed by atoms with E-state index in [-0.39, 0.29) is 0 Å². The molecule has 0 amide bonds. The fraction of sp³-hybridized carbons (Fsp3) is 0.562. The molecule has 0 radical (unpaired) electrons. The monoisotopic (exact) mass is 285 g/mol. The summed E-state index contributed by atoms with van der Waals surface area (Å²) in [6.07, 6.45) is 5.45. The first kappa shape index (κ1) is 13.1. The van der Waals surface area contributed by atoms with Gasteiger partial charge in [-0.25, -0.2) is 4.98 Å². The van der Waals surface area contributed by atoms with E-state index < -0.39 is 0 Å². The first-order valence-corrected chi connectivity index (χ1v) is 7.92. The highest BCUT2D eigenvalue weighted by Gasteiger charge is 2.24. The summed E-state index contributed by atoms with van der Waals surface area (Å²) in [5.41, 5.74) is 2.54. The molecule has 2 aliphatic heterocycles. The Bertz CT molecular complexity index is 629. The van der Waals surface area contributed by atoms with Crippen molar-refractivity contribution in [1.29, 1.82) is 0 Å². The van der Waals surface area contributed by atoms with Crippen molar-refractivity contribution >= 4 is 11.2 Å². The highest BCUT2D eigenvalue weighted by atomic mass is 15.2. The molecular weight excluding hydrogens is 262 g/mol. The van der Waals surface area contributed by atoms with Crippen molar-refractivity contribution in [3.63, 3.8) is 0 Å². The number of likely N-dealkylation sites (N-methyl/N-ethyl adjacent to an activating group) is 1. The lowest BCUT2D eigenvalue weighted by atomic mass is 10.1. The van der Waals surface area contributed by atoms with Gasteiger partial charge in [-0.3, -0.25) is 0 Å². The van der Waals surface area contributed by atoms with E-state index in [0.29, 0.717) is 5.92 Å². The van der Waals surface area contributed by atoms with Gasteiger partial charge in [0.15, 0.2) is 0 Å². The van der Waals surface area contributed by atoms with Gasteiger partial charge in [-0.05, 0) is 32.1 Å². The first-order valence-electron chi connectivity index (χ1n) is 7.92. The maximum Gasteiger partial charge on any atom is 0.117 e. The van der Waals surface area contributed by atoms with Crippen LogP contribution in [0.2, 0.25) is 0 Å². The number of hydrogen-bond donors (Lipinski definition) is 1. The Morgan fingerprint density at radius 3 is 2.86 bits per heavy atom. The molecule has 5 nitrogen and oxygen atoms in total. The summed E-state index contributed by atoms with van der Waals surface area (Å²) in [4.78, 5) is 9.54. The smallest absolute Gasteiger partial charge is 0.117 e. The summed E-state index contributed by atoms with van der Waals surface area (Å²) in [5.74, 6) is 1.80. The number of pyridine rings is 1. The summed E-state index contributed by atoms with van der Waals surface area (Å²) < 4.78 is 2.27. The maximum atomic E-state index is 4.70. The van der Waals surface area contributed by atoms with E-state index in [1.165, 1.54) is 30.0 Å². The highest BCUT2D eigenvalue weighted by molar-refractivity contribution is 5.60. The number of aromatic nitrogens is 2. The molecule has 1 N–H and O–H groups in total. The molecule has 4 rings (SSSR count). The van der Waals surface area contributed by atoms with Gasteiger partial charge >= 0.3 is 0 Å². The molecule has 2 aromatic heterocycles. The van der Waals surface area contributed by atoms with Crippen molar-refractivity contribution < 1.29 is 0 Å². The van der Waals surface area contributed by atoms with E-state index in [1.807, 2.05) is 6.20 Å². The van der Waals surface area contributed by atoms with Crippen molar-refractivity contribution in [2.45, 2.75) is 12.3 Å². The Morgan fingerprint density at radius 2 is 2.10 bits per heavy atom. The normalized spacial score (nSPS) is 24.0. The first-order chi connectivity index (χ1) is 10.3. The lowest BCUT2D eigenvalue weighted by Crippen LogP contribution is -2.43. The van der Waals surface area contributed by atoms with Crippen molar-refractivity contribution in [2.75, 3.05) is 51.2 Å². The van der Waals surface area contributed by atoms with Crippen LogP contribution in [0.4, 0.5) is 5.69 Å². The third kappa shape index (κ3) is 2.40. The van der Waals surface area contributed by atoms with Crippen LogP contribution in [0, 0.1) is 0 Å². The lowest BCUT2D eigenvalue weighted by molar-refractivity contribution is 0.409.